The molecule has 1 aromatic rings. The van der Waals surface area contributed by atoms with E-state index in [2.05, 4.69) is 30.3 Å². The van der Waals surface area contributed by atoms with Crippen LogP contribution in [0.2, 0.25) is 41.7 Å². The van der Waals surface area contributed by atoms with Crippen molar-refractivity contribution < 1.29 is 7.25 Å². The maximum absolute atomic E-state index is 3.10. The Labute approximate surface area is 88.9 Å². The van der Waals surface area contributed by atoms with Gasteiger partial charge >= 0.3 is 88.9 Å². The molecule has 10 fully saturated rings. The Kier molecular flexibility index (Phi) is 0.162. The minimum atomic E-state index is -3.10. The second kappa shape index (κ2) is 0.470. The van der Waals surface area contributed by atoms with E-state index in [0.29, 0.717) is 0 Å². The van der Waals surface area contributed by atoms with Crippen LogP contribution in [0, 0.1) is 0 Å². The summed E-state index contributed by atoms with van der Waals surface area (Å²) < 4.78 is 14.3. The van der Waals surface area contributed by atoms with E-state index in [1.165, 1.54) is 41.7 Å². The number of hydrogen-bond acceptors (Lipinski definition) is 0. The van der Waals surface area contributed by atoms with Gasteiger partial charge in [-0.1, -0.05) is 0 Å². The second-order valence-electron chi connectivity index (χ2n) is 13.0. The molecule has 0 aliphatic carbocycles. The summed E-state index contributed by atoms with van der Waals surface area (Å²) in [6.07, 6.45) is 0. The Hall–Kier alpha value is -0.196. The second-order valence-corrected chi connectivity index (χ2v) is 42.8. The molecule has 1 heteroatoms. The molecule has 10 aliphatic heterocycles. The van der Waals surface area contributed by atoms with Gasteiger partial charge in [-0.2, -0.15) is 0 Å². The van der Waals surface area contributed by atoms with Gasteiger partial charge < -0.3 is 0 Å². The van der Waals surface area contributed by atoms with Crippen molar-refractivity contribution >= 4 is 0 Å². The van der Waals surface area contributed by atoms with Crippen LogP contribution in [-0.2, 0) is 11.4 Å². The molecule has 4 atom stereocenters. The summed E-state index contributed by atoms with van der Waals surface area (Å²) in [7, 11) is -3.10. The van der Waals surface area contributed by atoms with Gasteiger partial charge in [-0.25, -0.2) is 0 Å². The van der Waals surface area contributed by atoms with E-state index >= 15 is 0 Å². The van der Waals surface area contributed by atoms with Gasteiger partial charge in [0.05, 0.1) is 0 Å². The van der Waals surface area contributed by atoms with Crippen molar-refractivity contribution in [1.29, 1.82) is 0 Å². The third kappa shape index (κ3) is 0.0585. The molecule has 0 radical (unpaired) electrons. The number of fused-ring (bicyclic) bond motifs is 10. The van der Waals surface area contributed by atoms with Gasteiger partial charge in [0.1, 0.15) is 0 Å². The Balaban J connectivity index is 1.66. The van der Waals surface area contributed by atoms with Crippen molar-refractivity contribution in [3.8, 4) is 0 Å². The Morgan fingerprint density at radius 3 is 1.59 bits per heavy atom. The third-order valence-corrected chi connectivity index (χ3v) is 73.1. The summed E-state index contributed by atoms with van der Waals surface area (Å²) in [5.41, 5.74) is 1.89. The van der Waals surface area contributed by atoms with Gasteiger partial charge in [0, 0.05) is 0 Å². The van der Waals surface area contributed by atoms with E-state index in [1.807, 2.05) is 5.56 Å². The molecule has 0 N–H and O–H groups in total. The SMILES string of the molecule is c1ccc([C]23[CH]4[CH]5[CH]6[CH]2[V]56432789[CH]3[CH]2[CH]7[CH]8[CH]39)cc1. The molecule has 10 heterocycles. The summed E-state index contributed by atoms with van der Waals surface area (Å²) in [5, 5.41) is 0. The fraction of sp³-hybridized carbons (Fsp3) is 0.625. The van der Waals surface area contributed by atoms with E-state index in [-0.39, 0.29) is 0 Å². The van der Waals surface area contributed by atoms with Crippen molar-refractivity contribution in [2.45, 2.75) is 45.8 Å². The summed E-state index contributed by atoms with van der Waals surface area (Å²) in [5.74, 6) is 0. The van der Waals surface area contributed by atoms with Crippen LogP contribution in [0.15, 0.2) is 30.3 Å². The predicted octanol–water partition coefficient (Wildman–Crippen LogP) is 4.48. The minimum absolute atomic E-state index is 1.01. The Morgan fingerprint density at radius 1 is 0.706 bits per heavy atom. The van der Waals surface area contributed by atoms with Gasteiger partial charge in [-0.3, -0.25) is 0 Å². The fourth-order valence-electron chi connectivity index (χ4n) is 22.6. The first-order valence-corrected chi connectivity index (χ1v) is 15.9. The summed E-state index contributed by atoms with van der Waals surface area (Å²) >= 11 is 0. The van der Waals surface area contributed by atoms with Crippen LogP contribution in [0.3, 0.4) is 0 Å². The molecule has 0 amide bonds. The Bertz CT molecular complexity index is 1020. The molecule has 11 rings (SSSR count). The molecule has 0 saturated carbocycles. The van der Waals surface area contributed by atoms with Crippen LogP contribution in [0.4, 0.5) is 0 Å². The first kappa shape index (κ1) is 5.84. The van der Waals surface area contributed by atoms with Crippen LogP contribution in [0.5, 0.6) is 0 Å². The molecule has 0 bridgehead atoms. The molecule has 0 aromatic heterocycles. The van der Waals surface area contributed by atoms with Gasteiger partial charge in [-0.05, 0) is 0 Å². The van der Waals surface area contributed by atoms with Crippen molar-refractivity contribution in [1.82, 2.24) is 0 Å². The van der Waals surface area contributed by atoms with E-state index in [1.54, 1.807) is 0 Å². The predicted molar refractivity (Wildman–Crippen MR) is 61.9 cm³/mol. The van der Waals surface area contributed by atoms with Crippen LogP contribution in [0.25, 0.3) is 0 Å². The fourth-order valence-corrected chi connectivity index (χ4v) is 126. The van der Waals surface area contributed by atoms with E-state index in [9.17, 15) is 0 Å². The average Bonchev–Trinajstić information content (AvgIpc) is 3.32. The summed E-state index contributed by atoms with van der Waals surface area (Å²) in [6.45, 7) is 0. The van der Waals surface area contributed by atoms with E-state index in [0.717, 1.165) is 4.13 Å². The van der Waals surface area contributed by atoms with Crippen molar-refractivity contribution in [3.63, 3.8) is 0 Å². The van der Waals surface area contributed by atoms with Gasteiger partial charge in [0.2, 0.25) is 0 Å². The van der Waals surface area contributed by atoms with E-state index < -0.39 is 7.25 Å². The van der Waals surface area contributed by atoms with Gasteiger partial charge in [-0.15, -0.1) is 0 Å². The molecular weight excluding hydrogens is 243 g/mol. The van der Waals surface area contributed by atoms with Crippen LogP contribution in [0.1, 0.15) is 5.56 Å². The zero-order valence-corrected chi connectivity index (χ0v) is 10.9. The zero-order chi connectivity index (χ0) is 10.1. The van der Waals surface area contributed by atoms with Crippen molar-refractivity contribution in [3.05, 3.63) is 35.9 Å². The molecule has 83 valence electrons. The van der Waals surface area contributed by atoms with Crippen LogP contribution in [-0.4, -0.2) is 0 Å². The monoisotopic (exact) mass is 257 g/mol. The quantitative estimate of drug-likeness (QED) is 0.695. The van der Waals surface area contributed by atoms with Crippen LogP contribution >= 0.6 is 0 Å². The topological polar surface area (TPSA) is 0 Å². The van der Waals surface area contributed by atoms with Crippen molar-refractivity contribution in [2.24, 2.45) is 0 Å². The molecule has 10 saturated heterocycles. The summed E-state index contributed by atoms with van der Waals surface area (Å²) in [4.78, 5) is 0. The van der Waals surface area contributed by atoms with Crippen LogP contribution < -0.4 is 0 Å². The molecule has 0 nitrogen and oxygen atoms in total. The Morgan fingerprint density at radius 2 is 1.24 bits per heavy atom. The maximum atomic E-state index is 2.55. The number of rotatable bonds is 1. The first-order chi connectivity index (χ1) is 8.15. The van der Waals surface area contributed by atoms with Gasteiger partial charge in [0.15, 0.2) is 0 Å². The molecule has 10 aliphatic rings. The standard InChI is InChI=1S/C11H9.C5H5.V/c1-2-6-10(7-3-1)11-8-4-5-9-11;1-2-4-5-3-1;/h1-9H;1-5H;. The number of hydrogen-bond donors (Lipinski definition) is 0. The molecule has 4 unspecified atom stereocenters. The van der Waals surface area contributed by atoms with Crippen molar-refractivity contribution in [2.75, 3.05) is 0 Å². The molecule has 1 aromatic carbocycles. The van der Waals surface area contributed by atoms with Gasteiger partial charge in [0.25, 0.3) is 0 Å². The third-order valence-electron chi connectivity index (χ3n) is 19.5. The average molecular weight is 257 g/mol. The molecule has 1 spiro atoms. The zero-order valence-electron chi connectivity index (χ0n) is 9.53. The molecular formula is C16H14V. The first-order valence-electron chi connectivity index (χ1n) is 7.95. The summed E-state index contributed by atoms with van der Waals surface area (Å²) in [6, 6.07) is 12.0. The number of benzene rings is 1. The molecule has 17 heavy (non-hydrogen) atoms. The normalized spacial score (nSPS) is 119. The van der Waals surface area contributed by atoms with E-state index in [4.69, 9.17) is 0 Å².